The van der Waals surface area contributed by atoms with Crippen molar-refractivity contribution >= 4 is 34.7 Å². The molecule has 0 bridgehead atoms. The molecule has 0 saturated carbocycles. The number of aromatic nitrogens is 5. The third-order valence-electron chi connectivity index (χ3n) is 3.70. The van der Waals surface area contributed by atoms with E-state index in [0.717, 1.165) is 0 Å². The molecule has 0 aliphatic carbocycles. The minimum absolute atomic E-state index is 0.0295. The number of nitrogens with zero attached hydrogens (tertiary/aromatic N) is 3. The number of aromatic carboxylic acids is 1. The van der Waals surface area contributed by atoms with Crippen LogP contribution in [0.3, 0.4) is 0 Å². The molecule has 11 nitrogen and oxygen atoms in total. The first-order valence-corrected chi connectivity index (χ1v) is 8.74. The van der Waals surface area contributed by atoms with Crippen LogP contribution < -0.4 is 21.5 Å². The molecule has 0 amide bonds. The number of nitrogens with one attached hydrogen (secondary N) is 2. The molecule has 154 valence electrons. The number of aromatic amines is 2. The van der Waals surface area contributed by atoms with E-state index < -0.39 is 28.5 Å². The molecule has 3 aromatic rings. The molecule has 0 spiro atoms. The normalized spacial score (nSPS) is 10.6. The fraction of sp³-hybridized carbons (Fsp3) is 0.0588. The highest BCUT2D eigenvalue weighted by molar-refractivity contribution is 6.37. The Balaban J connectivity index is 2.07. The number of benzene rings is 1. The Kier molecular flexibility index (Phi) is 5.58. The average Bonchev–Trinajstić information content (AvgIpc) is 2.65. The van der Waals surface area contributed by atoms with Crippen LogP contribution in [0.15, 0.2) is 39.2 Å². The second-order valence-corrected chi connectivity index (χ2v) is 6.71. The summed E-state index contributed by atoms with van der Waals surface area (Å²) in [6.07, 6.45) is 0. The van der Waals surface area contributed by atoms with E-state index in [2.05, 4.69) is 21.9 Å². The molecule has 30 heavy (non-hydrogen) atoms. The third-order valence-corrected chi connectivity index (χ3v) is 4.27. The second kappa shape index (κ2) is 7.97. The van der Waals surface area contributed by atoms with Gasteiger partial charge in [-0.25, -0.2) is 14.7 Å². The number of hydrogen-bond acceptors (Lipinski definition) is 7. The quantitative estimate of drug-likeness (QED) is 0.529. The van der Waals surface area contributed by atoms with Gasteiger partial charge in [0.15, 0.2) is 5.75 Å². The van der Waals surface area contributed by atoms with Gasteiger partial charge in [0.1, 0.15) is 0 Å². The van der Waals surface area contributed by atoms with Crippen LogP contribution in [-0.4, -0.2) is 36.0 Å². The van der Waals surface area contributed by atoms with E-state index in [-0.39, 0.29) is 32.9 Å². The van der Waals surface area contributed by atoms with Crippen molar-refractivity contribution < 1.29 is 14.6 Å². The van der Waals surface area contributed by atoms with Crippen LogP contribution in [0.5, 0.6) is 11.6 Å². The molecular weight excluding hydrogens is 441 g/mol. The number of H-pyrrole nitrogens is 2. The van der Waals surface area contributed by atoms with Gasteiger partial charge < -0.3 is 9.84 Å². The molecule has 3 rings (SSSR count). The van der Waals surface area contributed by atoms with Crippen LogP contribution in [0.25, 0.3) is 11.3 Å². The number of rotatable bonds is 5. The number of halogens is 2. The van der Waals surface area contributed by atoms with Crippen molar-refractivity contribution in [2.24, 2.45) is 0 Å². The molecule has 0 aliphatic heterocycles. The largest absolute Gasteiger partial charge is 0.476 e. The Morgan fingerprint density at radius 3 is 2.37 bits per heavy atom. The first-order chi connectivity index (χ1) is 14.1. The summed E-state index contributed by atoms with van der Waals surface area (Å²) in [5, 5.41) is 18.4. The van der Waals surface area contributed by atoms with E-state index >= 15 is 0 Å². The third kappa shape index (κ3) is 4.02. The highest BCUT2D eigenvalue weighted by Crippen LogP contribution is 2.37. The lowest BCUT2D eigenvalue weighted by atomic mass is 10.2. The molecule has 3 N–H and O–H groups in total. The van der Waals surface area contributed by atoms with E-state index in [0.29, 0.717) is 10.3 Å². The summed E-state index contributed by atoms with van der Waals surface area (Å²) in [4.78, 5) is 48.2. The van der Waals surface area contributed by atoms with Gasteiger partial charge in [0.05, 0.1) is 15.7 Å². The topological polar surface area (TPSA) is 160 Å². The Morgan fingerprint density at radius 1 is 1.17 bits per heavy atom. The van der Waals surface area contributed by atoms with E-state index in [9.17, 15) is 19.2 Å². The first-order valence-electron chi connectivity index (χ1n) is 7.98. The molecule has 0 fully saturated rings. The fourth-order valence-electron chi connectivity index (χ4n) is 2.34. The number of hydrogen-bond donors (Lipinski definition) is 3. The van der Waals surface area contributed by atoms with Crippen molar-refractivity contribution in [2.75, 3.05) is 0 Å². The highest BCUT2D eigenvalue weighted by Gasteiger charge is 2.18. The summed E-state index contributed by atoms with van der Waals surface area (Å²) in [6, 6.07) is 3.77. The standard InChI is InChI=1S/C17H11Cl2N5O6/c1-6(2)8-5-11(21-22-14(8)25)30-13-9(18)3-7(4-10(13)19)24-17(29)20-15(26)12(23-24)16(27)28/h3-5H,1H2,2H3,(H,22,25)(H,27,28)(H,20,26,29). The maximum Gasteiger partial charge on any atom is 0.362 e. The maximum atomic E-state index is 12.0. The van der Waals surface area contributed by atoms with Crippen LogP contribution in [0.2, 0.25) is 10.0 Å². The van der Waals surface area contributed by atoms with Crippen molar-refractivity contribution in [3.05, 3.63) is 77.3 Å². The Morgan fingerprint density at radius 2 is 1.80 bits per heavy atom. The number of carboxylic acid groups (broad SMARTS) is 1. The summed E-state index contributed by atoms with van der Waals surface area (Å²) in [5.41, 5.74) is -2.81. The molecular formula is C17H11Cl2N5O6. The fourth-order valence-corrected chi connectivity index (χ4v) is 2.90. The summed E-state index contributed by atoms with van der Waals surface area (Å²) in [5.74, 6) is -1.71. The molecule has 0 unspecified atom stereocenters. The summed E-state index contributed by atoms with van der Waals surface area (Å²) in [7, 11) is 0. The van der Waals surface area contributed by atoms with Gasteiger partial charge in [-0.1, -0.05) is 29.8 Å². The minimum Gasteiger partial charge on any atom is -0.476 e. The van der Waals surface area contributed by atoms with Crippen molar-refractivity contribution in [3.8, 4) is 17.3 Å². The zero-order chi connectivity index (χ0) is 22.2. The molecule has 1 aromatic carbocycles. The van der Waals surface area contributed by atoms with E-state index in [1.54, 1.807) is 6.92 Å². The van der Waals surface area contributed by atoms with Crippen molar-refractivity contribution in [3.63, 3.8) is 0 Å². The highest BCUT2D eigenvalue weighted by atomic mass is 35.5. The summed E-state index contributed by atoms with van der Waals surface area (Å²) >= 11 is 12.4. The lowest BCUT2D eigenvalue weighted by molar-refractivity contribution is 0.0685. The Bertz CT molecular complexity index is 1350. The molecule has 0 aliphatic rings. The van der Waals surface area contributed by atoms with Crippen LogP contribution >= 0.6 is 23.2 Å². The lowest BCUT2D eigenvalue weighted by Gasteiger charge is -2.12. The van der Waals surface area contributed by atoms with Gasteiger partial charge in [-0.3, -0.25) is 14.6 Å². The van der Waals surface area contributed by atoms with Crippen molar-refractivity contribution in [1.29, 1.82) is 0 Å². The second-order valence-electron chi connectivity index (χ2n) is 5.89. The Hall–Kier alpha value is -3.70. The van der Waals surface area contributed by atoms with Crippen molar-refractivity contribution in [2.45, 2.75) is 6.92 Å². The zero-order valence-electron chi connectivity index (χ0n) is 15.0. The van der Waals surface area contributed by atoms with E-state index in [4.69, 9.17) is 33.0 Å². The number of carbonyl (C=O) groups is 1. The van der Waals surface area contributed by atoms with Gasteiger partial charge in [0.25, 0.3) is 11.1 Å². The molecule has 2 heterocycles. The van der Waals surface area contributed by atoms with E-state index in [1.165, 1.54) is 18.2 Å². The monoisotopic (exact) mass is 451 g/mol. The first kappa shape index (κ1) is 21.0. The number of allylic oxidation sites excluding steroid dienone is 1. The predicted octanol–water partition coefficient (Wildman–Crippen LogP) is 1.83. The van der Waals surface area contributed by atoms with Crippen molar-refractivity contribution in [1.82, 2.24) is 25.0 Å². The van der Waals surface area contributed by atoms with Gasteiger partial charge >= 0.3 is 11.7 Å². The van der Waals surface area contributed by atoms with Crippen LogP contribution in [0, 0.1) is 0 Å². The minimum atomic E-state index is -1.63. The number of carboxylic acids is 1. The average molecular weight is 452 g/mol. The maximum absolute atomic E-state index is 12.0. The van der Waals surface area contributed by atoms with Gasteiger partial charge in [-0.05, 0) is 24.6 Å². The smallest absolute Gasteiger partial charge is 0.362 e. The molecule has 2 aromatic heterocycles. The zero-order valence-corrected chi connectivity index (χ0v) is 16.5. The molecule has 0 atom stereocenters. The SMILES string of the molecule is C=C(C)c1cc(Oc2c(Cl)cc(-n3nc(C(=O)O)c(=O)[nH]c3=O)cc2Cl)n[nH]c1=O. The summed E-state index contributed by atoms with van der Waals surface area (Å²) in [6.45, 7) is 5.32. The molecule has 0 saturated heterocycles. The summed E-state index contributed by atoms with van der Waals surface area (Å²) < 4.78 is 6.16. The molecule has 13 heteroatoms. The predicted molar refractivity (Wildman–Crippen MR) is 107 cm³/mol. The van der Waals surface area contributed by atoms with Gasteiger partial charge in [-0.2, -0.15) is 9.78 Å². The van der Waals surface area contributed by atoms with Crippen LogP contribution in [0.1, 0.15) is 23.0 Å². The van der Waals surface area contributed by atoms with E-state index in [1.807, 2.05) is 4.98 Å². The lowest BCUT2D eigenvalue weighted by Crippen LogP contribution is -2.35. The van der Waals surface area contributed by atoms with Crippen LogP contribution in [-0.2, 0) is 0 Å². The van der Waals surface area contributed by atoms with Gasteiger partial charge in [-0.15, -0.1) is 5.10 Å². The number of ether oxygens (including phenoxy) is 1. The Labute approximate surface area is 176 Å². The van der Waals surface area contributed by atoms with Gasteiger partial charge in [0, 0.05) is 11.6 Å². The molecule has 0 radical (unpaired) electrons. The van der Waals surface area contributed by atoms with Gasteiger partial charge in [0.2, 0.25) is 11.6 Å². The van der Waals surface area contributed by atoms with Crippen LogP contribution in [0.4, 0.5) is 0 Å².